The van der Waals surface area contributed by atoms with Crippen molar-refractivity contribution in [1.82, 2.24) is 14.6 Å². The predicted molar refractivity (Wildman–Crippen MR) is 86.2 cm³/mol. The highest BCUT2D eigenvalue weighted by Gasteiger charge is 2.36. The quantitative estimate of drug-likeness (QED) is 0.806. The number of amides is 2. The number of imide groups is 1. The van der Waals surface area contributed by atoms with Gasteiger partial charge in [-0.15, -0.1) is 0 Å². The normalized spacial score (nSPS) is 14.1. The van der Waals surface area contributed by atoms with Crippen LogP contribution in [0.2, 0.25) is 5.02 Å². The molecule has 124 valence electrons. The van der Waals surface area contributed by atoms with Crippen LogP contribution in [0.4, 0.5) is 0 Å². The van der Waals surface area contributed by atoms with E-state index in [1.165, 1.54) is 36.5 Å². The second kappa shape index (κ2) is 6.31. The van der Waals surface area contributed by atoms with Crippen LogP contribution in [-0.4, -0.2) is 43.2 Å². The first kappa shape index (κ1) is 16.6. The summed E-state index contributed by atoms with van der Waals surface area (Å²) in [6.45, 7) is -0.183. The summed E-state index contributed by atoms with van der Waals surface area (Å²) in [7, 11) is -3.74. The van der Waals surface area contributed by atoms with E-state index >= 15 is 0 Å². The Balaban J connectivity index is 1.66. The van der Waals surface area contributed by atoms with E-state index in [0.717, 1.165) is 4.90 Å². The monoisotopic (exact) mass is 365 g/mol. The van der Waals surface area contributed by atoms with Gasteiger partial charge in [0.2, 0.25) is 10.0 Å². The van der Waals surface area contributed by atoms with Crippen molar-refractivity contribution in [3.8, 4) is 0 Å². The smallest absolute Gasteiger partial charge is 0.272 e. The van der Waals surface area contributed by atoms with Gasteiger partial charge in [0.15, 0.2) is 0 Å². The summed E-state index contributed by atoms with van der Waals surface area (Å²) < 4.78 is 26.6. The van der Waals surface area contributed by atoms with Crippen LogP contribution >= 0.6 is 11.6 Å². The summed E-state index contributed by atoms with van der Waals surface area (Å²) in [5.41, 5.74) is 0.311. The molecule has 9 heteroatoms. The number of rotatable bonds is 5. The molecule has 3 rings (SSSR count). The fraction of sp³-hybridized carbons (Fsp3) is 0.133. The summed E-state index contributed by atoms with van der Waals surface area (Å²) in [4.78, 5) is 29.2. The minimum atomic E-state index is -3.74. The molecule has 0 fully saturated rings. The highest BCUT2D eigenvalue weighted by molar-refractivity contribution is 7.89. The van der Waals surface area contributed by atoms with E-state index in [1.807, 2.05) is 0 Å². The molecule has 0 atom stereocenters. The molecule has 0 spiro atoms. The van der Waals surface area contributed by atoms with Crippen molar-refractivity contribution in [3.05, 3.63) is 58.9 Å². The van der Waals surface area contributed by atoms with E-state index in [0.29, 0.717) is 5.02 Å². The first-order valence-electron chi connectivity index (χ1n) is 6.96. The van der Waals surface area contributed by atoms with Gasteiger partial charge in [-0.1, -0.05) is 11.6 Å². The minimum absolute atomic E-state index is 0.0518. The van der Waals surface area contributed by atoms with Crippen LogP contribution in [0, 0.1) is 0 Å². The van der Waals surface area contributed by atoms with E-state index in [-0.39, 0.29) is 29.2 Å². The zero-order valence-corrected chi connectivity index (χ0v) is 13.8. The van der Waals surface area contributed by atoms with Gasteiger partial charge in [-0.3, -0.25) is 19.5 Å². The van der Waals surface area contributed by atoms with Crippen molar-refractivity contribution in [2.45, 2.75) is 4.90 Å². The molecule has 1 aliphatic heterocycles. The lowest BCUT2D eigenvalue weighted by Gasteiger charge is -2.14. The third-order valence-corrected chi connectivity index (χ3v) is 5.21. The number of pyridine rings is 1. The first-order valence-corrected chi connectivity index (χ1v) is 8.83. The van der Waals surface area contributed by atoms with Crippen molar-refractivity contribution < 1.29 is 18.0 Å². The number of carbonyl (C=O) groups excluding carboxylic acids is 2. The minimum Gasteiger partial charge on any atom is -0.272 e. The molecule has 0 unspecified atom stereocenters. The molecule has 0 bridgehead atoms. The lowest BCUT2D eigenvalue weighted by molar-refractivity contribution is 0.0655. The third kappa shape index (κ3) is 3.03. The Morgan fingerprint density at radius 3 is 2.46 bits per heavy atom. The number of hydrogen-bond acceptors (Lipinski definition) is 5. The van der Waals surface area contributed by atoms with Crippen molar-refractivity contribution in [2.24, 2.45) is 0 Å². The van der Waals surface area contributed by atoms with Gasteiger partial charge < -0.3 is 0 Å². The van der Waals surface area contributed by atoms with Crippen molar-refractivity contribution in [1.29, 1.82) is 0 Å². The highest BCUT2D eigenvalue weighted by Crippen LogP contribution is 2.20. The number of benzene rings is 1. The average molecular weight is 366 g/mol. The highest BCUT2D eigenvalue weighted by atomic mass is 35.5. The molecule has 0 saturated heterocycles. The van der Waals surface area contributed by atoms with E-state index in [4.69, 9.17) is 11.6 Å². The number of hydrogen-bond donors (Lipinski definition) is 1. The lowest BCUT2D eigenvalue weighted by atomic mass is 10.2. The van der Waals surface area contributed by atoms with Gasteiger partial charge in [0.05, 0.1) is 10.5 Å². The molecular formula is C15H12ClN3O4S. The van der Waals surface area contributed by atoms with Gasteiger partial charge in [-0.05, 0) is 36.4 Å². The van der Waals surface area contributed by atoms with Gasteiger partial charge in [0, 0.05) is 24.3 Å². The molecule has 2 amide bonds. The number of nitrogens with zero attached hydrogens (tertiary/aromatic N) is 2. The number of carbonyl (C=O) groups is 2. The Bertz CT molecular complexity index is 878. The summed E-state index contributed by atoms with van der Waals surface area (Å²) in [5.74, 6) is -1.00. The van der Waals surface area contributed by atoms with E-state index in [9.17, 15) is 18.0 Å². The fourth-order valence-corrected chi connectivity index (χ4v) is 3.45. The molecule has 1 aliphatic rings. The topological polar surface area (TPSA) is 96.4 Å². The van der Waals surface area contributed by atoms with Gasteiger partial charge in [-0.25, -0.2) is 13.1 Å². The predicted octanol–water partition coefficient (Wildman–Crippen LogP) is 1.31. The summed E-state index contributed by atoms with van der Waals surface area (Å²) in [5, 5.41) is 0.424. The van der Waals surface area contributed by atoms with Crippen molar-refractivity contribution in [3.63, 3.8) is 0 Å². The van der Waals surface area contributed by atoms with Crippen LogP contribution in [0.15, 0.2) is 47.5 Å². The van der Waals surface area contributed by atoms with Gasteiger partial charge in [-0.2, -0.15) is 0 Å². The fourth-order valence-electron chi connectivity index (χ4n) is 2.31. The molecule has 1 aromatic carbocycles. The largest absolute Gasteiger partial charge is 0.280 e. The Morgan fingerprint density at radius 1 is 1.08 bits per heavy atom. The number of nitrogens with one attached hydrogen (secondary N) is 1. The van der Waals surface area contributed by atoms with Crippen LogP contribution in [0.5, 0.6) is 0 Å². The molecule has 1 N–H and O–H groups in total. The lowest BCUT2D eigenvalue weighted by Crippen LogP contribution is -2.38. The molecule has 0 aliphatic carbocycles. The van der Waals surface area contributed by atoms with Crippen LogP contribution in [0.3, 0.4) is 0 Å². The van der Waals surface area contributed by atoms with Gasteiger partial charge >= 0.3 is 0 Å². The van der Waals surface area contributed by atoms with Crippen molar-refractivity contribution in [2.75, 3.05) is 13.1 Å². The summed E-state index contributed by atoms with van der Waals surface area (Å²) in [6.07, 6.45) is 1.43. The molecule has 1 aromatic heterocycles. The number of halogens is 1. The molecule has 7 nitrogen and oxygen atoms in total. The zero-order chi connectivity index (χ0) is 17.3. The Morgan fingerprint density at radius 2 is 1.79 bits per heavy atom. The van der Waals surface area contributed by atoms with Crippen molar-refractivity contribution >= 4 is 33.4 Å². The maximum atomic E-state index is 12.1. The van der Waals surface area contributed by atoms with Crippen LogP contribution < -0.4 is 4.72 Å². The Labute approximate surface area is 143 Å². The molecule has 0 saturated carbocycles. The maximum Gasteiger partial charge on any atom is 0.280 e. The molecule has 0 radical (unpaired) electrons. The Hall–Kier alpha value is -2.29. The number of fused-ring (bicyclic) bond motifs is 1. The zero-order valence-electron chi connectivity index (χ0n) is 12.3. The van der Waals surface area contributed by atoms with E-state index in [2.05, 4.69) is 9.71 Å². The summed E-state index contributed by atoms with van der Waals surface area (Å²) >= 11 is 5.73. The standard InChI is InChI=1S/C15H12ClN3O4S/c16-10-3-5-11(6-4-10)24(22,23)18-8-9-19-14(20)12-2-1-7-17-13(12)15(19)21/h1-7,18H,8-9H2. The SMILES string of the molecule is O=C1c2cccnc2C(=O)N1CCNS(=O)(=O)c1ccc(Cl)cc1. The van der Waals surface area contributed by atoms with Crippen LogP contribution in [0.1, 0.15) is 20.8 Å². The second-order valence-corrected chi connectivity index (χ2v) is 7.22. The molecule has 2 heterocycles. The molecule has 24 heavy (non-hydrogen) atoms. The van der Waals surface area contributed by atoms with E-state index < -0.39 is 21.8 Å². The first-order chi connectivity index (χ1) is 11.4. The molecular weight excluding hydrogens is 354 g/mol. The van der Waals surface area contributed by atoms with Gasteiger partial charge in [0.1, 0.15) is 5.69 Å². The average Bonchev–Trinajstić information content (AvgIpc) is 2.80. The van der Waals surface area contributed by atoms with E-state index in [1.54, 1.807) is 6.07 Å². The summed E-state index contributed by atoms with van der Waals surface area (Å²) in [6, 6.07) is 8.75. The third-order valence-electron chi connectivity index (χ3n) is 3.48. The molecule has 2 aromatic rings. The number of aromatic nitrogens is 1. The van der Waals surface area contributed by atoms with Crippen LogP contribution in [-0.2, 0) is 10.0 Å². The Kier molecular flexibility index (Phi) is 4.35. The number of sulfonamides is 1. The van der Waals surface area contributed by atoms with Gasteiger partial charge in [0.25, 0.3) is 11.8 Å². The maximum absolute atomic E-state index is 12.1. The van der Waals surface area contributed by atoms with Crippen LogP contribution in [0.25, 0.3) is 0 Å². The second-order valence-electron chi connectivity index (χ2n) is 5.01.